The van der Waals surface area contributed by atoms with Crippen molar-refractivity contribution in [3.05, 3.63) is 29.6 Å². The zero-order valence-electron chi connectivity index (χ0n) is 14.3. The standard InChI is InChI=1S/C18H26N4O2/c1-21-9-11-22(12-10-21)18(24)16-13-14(7-8-19-16)17(23)20-15-5-3-2-4-6-15/h7-8,13,15H,2-6,9-12H2,1H3,(H,20,23). The Labute approximate surface area is 143 Å². The minimum Gasteiger partial charge on any atom is -0.349 e. The number of pyridine rings is 1. The van der Waals surface area contributed by atoms with E-state index < -0.39 is 0 Å². The molecule has 130 valence electrons. The molecule has 2 amide bonds. The smallest absolute Gasteiger partial charge is 0.272 e. The monoisotopic (exact) mass is 330 g/mol. The second-order valence-electron chi connectivity index (χ2n) is 6.83. The number of nitrogens with zero attached hydrogens (tertiary/aromatic N) is 3. The van der Waals surface area contributed by atoms with Crippen LogP contribution in [0.5, 0.6) is 0 Å². The lowest BCUT2D eigenvalue weighted by atomic mass is 9.95. The summed E-state index contributed by atoms with van der Waals surface area (Å²) in [5.74, 6) is -0.188. The van der Waals surface area contributed by atoms with Crippen LogP contribution in [0.15, 0.2) is 18.3 Å². The van der Waals surface area contributed by atoms with Crippen LogP contribution < -0.4 is 5.32 Å². The second kappa shape index (κ2) is 7.75. The number of amides is 2. The van der Waals surface area contributed by atoms with E-state index in [1.807, 2.05) is 4.90 Å². The Hall–Kier alpha value is -1.95. The first-order chi connectivity index (χ1) is 11.6. The van der Waals surface area contributed by atoms with E-state index >= 15 is 0 Å². The van der Waals surface area contributed by atoms with Crippen LogP contribution in [-0.2, 0) is 0 Å². The van der Waals surface area contributed by atoms with Crippen molar-refractivity contribution in [2.24, 2.45) is 0 Å². The number of rotatable bonds is 3. The van der Waals surface area contributed by atoms with Gasteiger partial charge in [0.05, 0.1) is 0 Å². The van der Waals surface area contributed by atoms with Crippen LogP contribution in [0.4, 0.5) is 0 Å². The van der Waals surface area contributed by atoms with Crippen LogP contribution in [0, 0.1) is 0 Å². The van der Waals surface area contributed by atoms with E-state index in [2.05, 4.69) is 22.2 Å². The summed E-state index contributed by atoms with van der Waals surface area (Å²) in [4.78, 5) is 33.2. The second-order valence-corrected chi connectivity index (χ2v) is 6.83. The summed E-state index contributed by atoms with van der Waals surface area (Å²) >= 11 is 0. The molecular formula is C18H26N4O2. The number of hydrogen-bond acceptors (Lipinski definition) is 4. The number of nitrogens with one attached hydrogen (secondary N) is 1. The number of piperazine rings is 1. The van der Waals surface area contributed by atoms with Gasteiger partial charge in [-0.1, -0.05) is 19.3 Å². The van der Waals surface area contributed by atoms with Crippen LogP contribution in [-0.4, -0.2) is 65.9 Å². The molecule has 1 saturated heterocycles. The summed E-state index contributed by atoms with van der Waals surface area (Å²) < 4.78 is 0. The fraction of sp³-hybridized carbons (Fsp3) is 0.611. The van der Waals surface area contributed by atoms with E-state index in [4.69, 9.17) is 0 Å². The van der Waals surface area contributed by atoms with Gasteiger partial charge in [0.15, 0.2) is 0 Å². The zero-order chi connectivity index (χ0) is 16.9. The topological polar surface area (TPSA) is 65.5 Å². The van der Waals surface area contributed by atoms with Gasteiger partial charge < -0.3 is 15.1 Å². The largest absolute Gasteiger partial charge is 0.349 e. The third-order valence-corrected chi connectivity index (χ3v) is 4.97. The van der Waals surface area contributed by atoms with Gasteiger partial charge in [-0.2, -0.15) is 0 Å². The first-order valence-electron chi connectivity index (χ1n) is 8.88. The number of carbonyl (C=O) groups is 2. The Morgan fingerprint density at radius 3 is 2.54 bits per heavy atom. The molecule has 2 fully saturated rings. The molecule has 1 aliphatic carbocycles. The highest BCUT2D eigenvalue weighted by Gasteiger charge is 2.23. The summed E-state index contributed by atoms with van der Waals surface area (Å²) in [7, 11) is 2.05. The molecule has 6 heteroatoms. The van der Waals surface area contributed by atoms with Crippen molar-refractivity contribution < 1.29 is 9.59 Å². The van der Waals surface area contributed by atoms with Gasteiger partial charge in [0.1, 0.15) is 5.69 Å². The maximum absolute atomic E-state index is 12.6. The van der Waals surface area contributed by atoms with Crippen molar-refractivity contribution in [2.45, 2.75) is 38.1 Å². The molecule has 24 heavy (non-hydrogen) atoms. The fourth-order valence-corrected chi connectivity index (χ4v) is 3.38. The zero-order valence-corrected chi connectivity index (χ0v) is 14.3. The van der Waals surface area contributed by atoms with Crippen LogP contribution in [0.3, 0.4) is 0 Å². The van der Waals surface area contributed by atoms with E-state index in [0.29, 0.717) is 24.3 Å². The highest BCUT2D eigenvalue weighted by Crippen LogP contribution is 2.18. The predicted molar refractivity (Wildman–Crippen MR) is 92.0 cm³/mol. The molecule has 1 saturated carbocycles. The van der Waals surface area contributed by atoms with Gasteiger partial charge >= 0.3 is 0 Å². The van der Waals surface area contributed by atoms with Crippen molar-refractivity contribution in [3.8, 4) is 0 Å². The van der Waals surface area contributed by atoms with E-state index in [1.165, 1.54) is 19.3 Å². The molecule has 0 unspecified atom stereocenters. The first-order valence-corrected chi connectivity index (χ1v) is 8.88. The Bertz CT molecular complexity index is 590. The SMILES string of the molecule is CN1CCN(C(=O)c2cc(C(=O)NC3CCCCC3)ccn2)CC1. The molecule has 1 aromatic heterocycles. The summed E-state index contributed by atoms with van der Waals surface area (Å²) in [5, 5.41) is 3.09. The maximum atomic E-state index is 12.6. The lowest BCUT2D eigenvalue weighted by Gasteiger charge is -2.32. The van der Waals surface area contributed by atoms with Crippen LogP contribution in [0.25, 0.3) is 0 Å². The molecule has 0 radical (unpaired) electrons. The Morgan fingerprint density at radius 2 is 1.83 bits per heavy atom. The van der Waals surface area contributed by atoms with Crippen molar-refractivity contribution >= 4 is 11.8 Å². The summed E-state index contributed by atoms with van der Waals surface area (Å²) in [6, 6.07) is 3.56. The van der Waals surface area contributed by atoms with E-state index in [-0.39, 0.29) is 17.9 Å². The van der Waals surface area contributed by atoms with Crippen molar-refractivity contribution in [2.75, 3.05) is 33.2 Å². The molecule has 1 N–H and O–H groups in total. The minimum atomic E-state index is -0.100. The number of aromatic nitrogens is 1. The fourth-order valence-electron chi connectivity index (χ4n) is 3.38. The van der Waals surface area contributed by atoms with Gasteiger partial charge in [0, 0.05) is 44.0 Å². The highest BCUT2D eigenvalue weighted by atomic mass is 16.2. The van der Waals surface area contributed by atoms with Crippen LogP contribution in [0.2, 0.25) is 0 Å². The molecule has 1 aromatic rings. The van der Waals surface area contributed by atoms with Gasteiger partial charge in [-0.3, -0.25) is 14.6 Å². The van der Waals surface area contributed by atoms with Gasteiger partial charge in [-0.05, 0) is 32.0 Å². The molecule has 0 aromatic carbocycles. The third kappa shape index (κ3) is 4.12. The summed E-state index contributed by atoms with van der Waals surface area (Å²) in [5.41, 5.74) is 0.879. The van der Waals surface area contributed by atoms with E-state index in [0.717, 1.165) is 25.9 Å². The van der Waals surface area contributed by atoms with Crippen LogP contribution >= 0.6 is 0 Å². The minimum absolute atomic E-state index is 0.0876. The Kier molecular flexibility index (Phi) is 5.45. The van der Waals surface area contributed by atoms with E-state index in [1.54, 1.807) is 18.3 Å². The first kappa shape index (κ1) is 16.9. The van der Waals surface area contributed by atoms with Gasteiger partial charge in [-0.25, -0.2) is 0 Å². The highest BCUT2D eigenvalue weighted by molar-refractivity contribution is 5.98. The molecular weight excluding hydrogens is 304 g/mol. The van der Waals surface area contributed by atoms with E-state index in [9.17, 15) is 9.59 Å². The van der Waals surface area contributed by atoms with Crippen molar-refractivity contribution in [1.29, 1.82) is 0 Å². The van der Waals surface area contributed by atoms with Gasteiger partial charge in [0.25, 0.3) is 11.8 Å². The van der Waals surface area contributed by atoms with Crippen molar-refractivity contribution in [1.82, 2.24) is 20.1 Å². The predicted octanol–water partition coefficient (Wildman–Crippen LogP) is 1.53. The van der Waals surface area contributed by atoms with Gasteiger partial charge in [0.2, 0.25) is 0 Å². The number of hydrogen-bond donors (Lipinski definition) is 1. The molecule has 0 spiro atoms. The summed E-state index contributed by atoms with van der Waals surface area (Å²) in [6.45, 7) is 3.15. The third-order valence-electron chi connectivity index (χ3n) is 4.97. The molecule has 0 atom stereocenters. The Morgan fingerprint density at radius 1 is 1.12 bits per heavy atom. The molecule has 1 aliphatic heterocycles. The molecule has 2 aliphatic rings. The lowest BCUT2D eigenvalue weighted by molar-refractivity contribution is 0.0658. The Balaban J connectivity index is 1.64. The molecule has 2 heterocycles. The van der Waals surface area contributed by atoms with Crippen LogP contribution in [0.1, 0.15) is 53.0 Å². The van der Waals surface area contributed by atoms with Gasteiger partial charge in [-0.15, -0.1) is 0 Å². The lowest BCUT2D eigenvalue weighted by Crippen LogP contribution is -2.47. The maximum Gasteiger partial charge on any atom is 0.272 e. The normalized spacial score (nSPS) is 20.0. The molecule has 3 rings (SSSR count). The van der Waals surface area contributed by atoms with Crippen molar-refractivity contribution in [3.63, 3.8) is 0 Å². The quantitative estimate of drug-likeness (QED) is 0.913. The molecule has 6 nitrogen and oxygen atoms in total. The average molecular weight is 330 g/mol. The molecule has 0 bridgehead atoms. The average Bonchev–Trinajstić information content (AvgIpc) is 2.63. The number of carbonyl (C=O) groups excluding carboxylic acids is 2. The number of likely N-dealkylation sites (N-methyl/N-ethyl adjacent to an activating group) is 1. The summed E-state index contributed by atoms with van der Waals surface area (Å²) in [6.07, 6.45) is 7.25.